The summed E-state index contributed by atoms with van der Waals surface area (Å²) in [6.07, 6.45) is 2.57. The van der Waals surface area contributed by atoms with Crippen molar-refractivity contribution < 1.29 is 4.74 Å². The SMILES string of the molecule is CCN1CCCC(NC(C)c2ccc(OC)c(Br)c2)C1. The maximum Gasteiger partial charge on any atom is 0.133 e. The molecule has 2 unspecified atom stereocenters. The summed E-state index contributed by atoms with van der Waals surface area (Å²) in [7, 11) is 1.70. The Morgan fingerprint density at radius 3 is 2.95 bits per heavy atom. The number of rotatable bonds is 5. The van der Waals surface area contributed by atoms with Crippen LogP contribution in [0.2, 0.25) is 0 Å². The Kier molecular flexibility index (Phi) is 5.87. The summed E-state index contributed by atoms with van der Waals surface area (Å²) in [6.45, 7) is 8.04. The highest BCUT2D eigenvalue weighted by Gasteiger charge is 2.20. The van der Waals surface area contributed by atoms with Gasteiger partial charge in [-0.3, -0.25) is 0 Å². The molecule has 0 aromatic heterocycles. The van der Waals surface area contributed by atoms with E-state index in [-0.39, 0.29) is 0 Å². The van der Waals surface area contributed by atoms with Gasteiger partial charge in [-0.2, -0.15) is 0 Å². The van der Waals surface area contributed by atoms with Gasteiger partial charge in [0.05, 0.1) is 11.6 Å². The topological polar surface area (TPSA) is 24.5 Å². The van der Waals surface area contributed by atoms with E-state index < -0.39 is 0 Å². The van der Waals surface area contributed by atoms with E-state index in [0.29, 0.717) is 12.1 Å². The number of methoxy groups -OCH3 is 1. The van der Waals surface area contributed by atoms with E-state index in [2.05, 4.69) is 52.1 Å². The van der Waals surface area contributed by atoms with Gasteiger partial charge >= 0.3 is 0 Å². The van der Waals surface area contributed by atoms with Gasteiger partial charge in [0, 0.05) is 18.6 Å². The Morgan fingerprint density at radius 2 is 2.30 bits per heavy atom. The molecule has 0 radical (unpaired) electrons. The molecule has 0 aliphatic carbocycles. The fourth-order valence-corrected chi connectivity index (χ4v) is 3.44. The molecule has 4 heteroatoms. The molecule has 1 heterocycles. The van der Waals surface area contributed by atoms with Crippen molar-refractivity contribution in [2.45, 2.75) is 38.8 Å². The molecule has 0 saturated carbocycles. The third kappa shape index (κ3) is 3.96. The van der Waals surface area contributed by atoms with Gasteiger partial charge in [-0.1, -0.05) is 13.0 Å². The van der Waals surface area contributed by atoms with E-state index in [1.807, 2.05) is 6.07 Å². The van der Waals surface area contributed by atoms with Crippen molar-refractivity contribution in [3.05, 3.63) is 28.2 Å². The maximum atomic E-state index is 5.28. The summed E-state index contributed by atoms with van der Waals surface area (Å²) >= 11 is 3.56. The van der Waals surface area contributed by atoms with Crippen LogP contribution < -0.4 is 10.1 Å². The number of piperidine rings is 1. The van der Waals surface area contributed by atoms with Crippen molar-refractivity contribution in [1.29, 1.82) is 0 Å². The minimum absolute atomic E-state index is 0.360. The maximum absolute atomic E-state index is 5.28. The number of ether oxygens (including phenoxy) is 1. The van der Waals surface area contributed by atoms with Crippen LogP contribution in [0.4, 0.5) is 0 Å². The van der Waals surface area contributed by atoms with Gasteiger partial charge in [0.2, 0.25) is 0 Å². The van der Waals surface area contributed by atoms with Crippen molar-refractivity contribution in [3.63, 3.8) is 0 Å². The smallest absolute Gasteiger partial charge is 0.133 e. The molecule has 1 saturated heterocycles. The summed E-state index contributed by atoms with van der Waals surface area (Å²) in [6, 6.07) is 7.27. The second kappa shape index (κ2) is 7.43. The molecule has 3 nitrogen and oxygen atoms in total. The number of nitrogens with zero attached hydrogens (tertiary/aromatic N) is 1. The molecule has 2 atom stereocenters. The number of halogens is 1. The van der Waals surface area contributed by atoms with Crippen molar-refractivity contribution >= 4 is 15.9 Å². The lowest BCUT2D eigenvalue weighted by molar-refractivity contribution is 0.192. The summed E-state index contributed by atoms with van der Waals surface area (Å²) in [4.78, 5) is 2.53. The molecule has 1 N–H and O–H groups in total. The number of likely N-dealkylation sites (tertiary alicyclic amines) is 1. The zero-order chi connectivity index (χ0) is 14.5. The standard InChI is InChI=1S/C16H25BrN2O/c1-4-19-9-5-6-14(11-19)18-12(2)13-7-8-16(20-3)15(17)10-13/h7-8,10,12,14,18H,4-6,9,11H2,1-3H3. The molecule has 0 spiro atoms. The summed E-state index contributed by atoms with van der Waals surface area (Å²) in [5.41, 5.74) is 1.30. The minimum Gasteiger partial charge on any atom is -0.496 e. The zero-order valence-corrected chi connectivity index (χ0v) is 14.2. The molecule has 1 fully saturated rings. The highest BCUT2D eigenvalue weighted by Crippen LogP contribution is 2.28. The van der Waals surface area contributed by atoms with E-state index >= 15 is 0 Å². The van der Waals surface area contributed by atoms with Crippen LogP contribution >= 0.6 is 15.9 Å². The minimum atomic E-state index is 0.360. The van der Waals surface area contributed by atoms with Gasteiger partial charge < -0.3 is 15.0 Å². The Hall–Kier alpha value is -0.580. The van der Waals surface area contributed by atoms with Gasteiger partial charge in [-0.15, -0.1) is 0 Å². The quantitative estimate of drug-likeness (QED) is 0.886. The van der Waals surface area contributed by atoms with Crippen molar-refractivity contribution in [3.8, 4) is 5.75 Å². The summed E-state index contributed by atoms with van der Waals surface area (Å²) in [5, 5.41) is 3.76. The van der Waals surface area contributed by atoms with Gasteiger partial charge in [-0.05, 0) is 66.5 Å². The van der Waals surface area contributed by atoms with Crippen LogP contribution in [0.25, 0.3) is 0 Å². The lowest BCUT2D eigenvalue weighted by Crippen LogP contribution is -2.46. The predicted octanol–water partition coefficient (Wildman–Crippen LogP) is 3.59. The van der Waals surface area contributed by atoms with Gasteiger partial charge in [0.1, 0.15) is 5.75 Å². The molecule has 1 aromatic carbocycles. The third-order valence-electron chi connectivity index (χ3n) is 4.11. The van der Waals surface area contributed by atoms with E-state index in [0.717, 1.165) is 23.3 Å². The fourth-order valence-electron chi connectivity index (χ4n) is 2.88. The van der Waals surface area contributed by atoms with Crippen molar-refractivity contribution in [2.24, 2.45) is 0 Å². The summed E-state index contributed by atoms with van der Waals surface area (Å²) < 4.78 is 6.30. The van der Waals surface area contributed by atoms with Crippen LogP contribution in [0.1, 0.15) is 38.3 Å². The first-order valence-corrected chi connectivity index (χ1v) is 8.25. The molecule has 112 valence electrons. The van der Waals surface area contributed by atoms with Crippen molar-refractivity contribution in [1.82, 2.24) is 10.2 Å². The molecular formula is C16H25BrN2O. The first kappa shape index (κ1) is 15.8. The number of hydrogen-bond donors (Lipinski definition) is 1. The van der Waals surface area contributed by atoms with Crippen LogP contribution in [-0.2, 0) is 0 Å². The molecule has 1 aliphatic rings. The largest absolute Gasteiger partial charge is 0.496 e. The van der Waals surface area contributed by atoms with E-state index in [4.69, 9.17) is 4.74 Å². The average molecular weight is 341 g/mol. The first-order valence-electron chi connectivity index (χ1n) is 7.46. The molecule has 0 amide bonds. The highest BCUT2D eigenvalue weighted by molar-refractivity contribution is 9.10. The monoisotopic (exact) mass is 340 g/mol. The van der Waals surface area contributed by atoms with Gasteiger partial charge in [-0.25, -0.2) is 0 Å². The van der Waals surface area contributed by atoms with Crippen LogP contribution in [0.5, 0.6) is 5.75 Å². The Balaban J connectivity index is 1.97. The lowest BCUT2D eigenvalue weighted by atomic mass is 10.0. The molecule has 20 heavy (non-hydrogen) atoms. The van der Waals surface area contributed by atoms with Crippen LogP contribution in [0, 0.1) is 0 Å². The molecular weight excluding hydrogens is 316 g/mol. The molecule has 1 aliphatic heterocycles. The number of nitrogens with one attached hydrogen (secondary N) is 1. The second-order valence-corrected chi connectivity index (χ2v) is 6.37. The predicted molar refractivity (Wildman–Crippen MR) is 87.4 cm³/mol. The Bertz CT molecular complexity index is 438. The second-order valence-electron chi connectivity index (χ2n) is 5.51. The lowest BCUT2D eigenvalue weighted by Gasteiger charge is -2.34. The molecule has 0 bridgehead atoms. The van der Waals surface area contributed by atoms with Gasteiger partial charge in [0.15, 0.2) is 0 Å². The van der Waals surface area contributed by atoms with Crippen LogP contribution in [0.15, 0.2) is 22.7 Å². The normalized spacial score (nSPS) is 21.7. The van der Waals surface area contributed by atoms with E-state index in [1.54, 1.807) is 7.11 Å². The van der Waals surface area contributed by atoms with Crippen molar-refractivity contribution in [2.75, 3.05) is 26.7 Å². The zero-order valence-electron chi connectivity index (χ0n) is 12.7. The van der Waals surface area contributed by atoms with E-state index in [1.165, 1.54) is 24.9 Å². The molecule has 2 rings (SSSR count). The fraction of sp³-hybridized carbons (Fsp3) is 0.625. The van der Waals surface area contributed by atoms with Crippen LogP contribution in [0.3, 0.4) is 0 Å². The molecule has 1 aromatic rings. The van der Waals surface area contributed by atoms with Crippen LogP contribution in [-0.4, -0.2) is 37.7 Å². The van der Waals surface area contributed by atoms with Gasteiger partial charge in [0.25, 0.3) is 0 Å². The first-order chi connectivity index (χ1) is 9.63. The number of benzene rings is 1. The average Bonchev–Trinajstić information content (AvgIpc) is 2.47. The Morgan fingerprint density at radius 1 is 1.50 bits per heavy atom. The number of hydrogen-bond acceptors (Lipinski definition) is 3. The highest BCUT2D eigenvalue weighted by atomic mass is 79.9. The third-order valence-corrected chi connectivity index (χ3v) is 4.73. The number of likely N-dealkylation sites (N-methyl/N-ethyl adjacent to an activating group) is 1. The van der Waals surface area contributed by atoms with E-state index in [9.17, 15) is 0 Å². The Labute approximate surface area is 130 Å². The summed E-state index contributed by atoms with van der Waals surface area (Å²) in [5.74, 6) is 0.885.